The molecule has 33 heavy (non-hydrogen) atoms. The van der Waals surface area contributed by atoms with Gasteiger partial charge in [-0.05, 0) is 30.7 Å². The normalized spacial score (nSPS) is 11.5. The van der Waals surface area contributed by atoms with E-state index in [0.717, 1.165) is 0 Å². The number of nitrogens with two attached hydrogens (primary N) is 3. The van der Waals surface area contributed by atoms with Crippen molar-refractivity contribution in [1.29, 1.82) is 0 Å². The second kappa shape index (κ2) is 10.1. The van der Waals surface area contributed by atoms with E-state index in [9.17, 15) is 19.5 Å². The number of hydrazine groups is 1. The molecule has 0 aliphatic rings. The highest BCUT2D eigenvalue weighted by Crippen LogP contribution is 2.16. The number of benzene rings is 1. The van der Waals surface area contributed by atoms with Crippen molar-refractivity contribution in [2.45, 2.75) is 25.4 Å². The predicted molar refractivity (Wildman–Crippen MR) is 118 cm³/mol. The van der Waals surface area contributed by atoms with Gasteiger partial charge in [-0.25, -0.2) is 20.6 Å². The first-order valence-corrected chi connectivity index (χ1v) is 9.68. The summed E-state index contributed by atoms with van der Waals surface area (Å²) in [5.74, 6) is 2.75. The van der Waals surface area contributed by atoms with Crippen molar-refractivity contribution in [2.24, 2.45) is 5.84 Å². The largest absolute Gasteiger partial charge is 0.480 e. The molecule has 1 unspecified atom stereocenters. The maximum atomic E-state index is 12.4. The van der Waals surface area contributed by atoms with Crippen LogP contribution in [0.5, 0.6) is 0 Å². The van der Waals surface area contributed by atoms with E-state index >= 15 is 0 Å². The minimum Gasteiger partial charge on any atom is -0.480 e. The monoisotopic (exact) mass is 454 g/mol. The Morgan fingerprint density at radius 3 is 2.45 bits per heavy atom. The molecular weight excluding hydrogens is 432 g/mol. The van der Waals surface area contributed by atoms with Gasteiger partial charge in [0.1, 0.15) is 6.04 Å². The molecule has 0 fully saturated rings. The van der Waals surface area contributed by atoms with Gasteiger partial charge >= 0.3 is 5.97 Å². The first-order chi connectivity index (χ1) is 15.8. The minimum absolute atomic E-state index is 0.0139. The SMILES string of the molecule is NNC(=O)CCC(NC(=O)c1ccc(NCc2cnc3nc(N)nc(N)c3n2)cc1)C(=O)O. The number of hydrogen-bond acceptors (Lipinski definition) is 11. The number of anilines is 3. The van der Waals surface area contributed by atoms with Crippen LogP contribution < -0.4 is 33.4 Å². The maximum Gasteiger partial charge on any atom is 0.326 e. The molecule has 2 amide bonds. The fraction of sp³-hybridized carbons (Fsp3) is 0.211. The molecule has 2 heterocycles. The van der Waals surface area contributed by atoms with Gasteiger partial charge in [-0.2, -0.15) is 9.97 Å². The van der Waals surface area contributed by atoms with Crippen LogP contribution >= 0.6 is 0 Å². The summed E-state index contributed by atoms with van der Waals surface area (Å²) in [4.78, 5) is 51.3. The molecule has 14 heteroatoms. The Morgan fingerprint density at radius 2 is 1.79 bits per heavy atom. The quantitative estimate of drug-likeness (QED) is 0.119. The molecule has 0 aliphatic heterocycles. The number of aromatic nitrogens is 4. The lowest BCUT2D eigenvalue weighted by molar-refractivity contribution is -0.139. The third-order valence-electron chi connectivity index (χ3n) is 4.55. The summed E-state index contributed by atoms with van der Waals surface area (Å²) in [5.41, 5.74) is 15.4. The van der Waals surface area contributed by atoms with E-state index < -0.39 is 23.8 Å². The molecule has 2 aromatic heterocycles. The molecule has 1 aromatic carbocycles. The van der Waals surface area contributed by atoms with Gasteiger partial charge in [0, 0.05) is 17.7 Å². The van der Waals surface area contributed by atoms with E-state index in [2.05, 4.69) is 30.6 Å². The first kappa shape index (κ1) is 23.1. The average molecular weight is 454 g/mol. The zero-order valence-electron chi connectivity index (χ0n) is 17.3. The van der Waals surface area contributed by atoms with Gasteiger partial charge in [0.25, 0.3) is 5.91 Å². The standard InChI is InChI=1S/C19H22N10O4/c20-15-14-16(28-19(21)27-15)24-8-11(25-14)7-23-10-3-1-9(2-4-10)17(31)26-12(18(32)33)5-6-13(30)29-22/h1-4,8,12,23H,5-7,22H2,(H,26,31)(H,29,30)(H,32,33)(H4,20,21,24,27,28). The van der Waals surface area contributed by atoms with Crippen LogP contribution in [-0.2, 0) is 16.1 Å². The average Bonchev–Trinajstić information content (AvgIpc) is 2.80. The molecule has 0 bridgehead atoms. The van der Waals surface area contributed by atoms with Crippen LogP contribution in [0.15, 0.2) is 30.5 Å². The number of amides is 2. The molecule has 10 N–H and O–H groups in total. The molecular formula is C19H22N10O4. The summed E-state index contributed by atoms with van der Waals surface area (Å²) in [5, 5.41) is 14.8. The van der Waals surface area contributed by atoms with E-state index in [1.807, 2.05) is 5.43 Å². The Balaban J connectivity index is 1.60. The minimum atomic E-state index is -1.25. The lowest BCUT2D eigenvalue weighted by Gasteiger charge is -2.14. The molecule has 0 saturated carbocycles. The van der Waals surface area contributed by atoms with Gasteiger partial charge in [0.15, 0.2) is 17.0 Å². The third kappa shape index (κ3) is 5.98. The number of nitrogen functional groups attached to an aromatic ring is 2. The number of hydrogen-bond donors (Lipinski definition) is 7. The van der Waals surface area contributed by atoms with Crippen molar-refractivity contribution in [3.05, 3.63) is 41.7 Å². The Hall–Kier alpha value is -4.59. The number of fused-ring (bicyclic) bond motifs is 1. The second-order valence-corrected chi connectivity index (χ2v) is 6.90. The Morgan fingerprint density at radius 1 is 1.06 bits per heavy atom. The van der Waals surface area contributed by atoms with E-state index in [0.29, 0.717) is 29.1 Å². The fourth-order valence-electron chi connectivity index (χ4n) is 2.85. The summed E-state index contributed by atoms with van der Waals surface area (Å²) in [7, 11) is 0. The Bertz CT molecular complexity index is 1190. The van der Waals surface area contributed by atoms with Gasteiger partial charge in [-0.15, -0.1) is 0 Å². The van der Waals surface area contributed by atoms with Gasteiger partial charge in [0.05, 0.1) is 18.4 Å². The molecule has 3 aromatic rings. The highest BCUT2D eigenvalue weighted by Gasteiger charge is 2.21. The van der Waals surface area contributed by atoms with Crippen molar-refractivity contribution >= 4 is 46.4 Å². The van der Waals surface area contributed by atoms with Crippen LogP contribution in [-0.4, -0.2) is 48.9 Å². The van der Waals surface area contributed by atoms with E-state index in [-0.39, 0.29) is 30.2 Å². The zero-order valence-corrected chi connectivity index (χ0v) is 17.3. The van der Waals surface area contributed by atoms with Crippen LogP contribution in [0.3, 0.4) is 0 Å². The molecule has 3 rings (SSSR count). The van der Waals surface area contributed by atoms with Crippen LogP contribution in [0.4, 0.5) is 17.5 Å². The van der Waals surface area contributed by atoms with Gasteiger partial charge < -0.3 is 27.2 Å². The van der Waals surface area contributed by atoms with Gasteiger partial charge in [-0.3, -0.25) is 15.0 Å². The van der Waals surface area contributed by atoms with Crippen molar-refractivity contribution < 1.29 is 19.5 Å². The first-order valence-electron chi connectivity index (χ1n) is 9.68. The van der Waals surface area contributed by atoms with Gasteiger partial charge in [0.2, 0.25) is 11.9 Å². The smallest absolute Gasteiger partial charge is 0.326 e. The number of aliphatic carboxylic acids is 1. The number of carboxylic acids is 1. The van der Waals surface area contributed by atoms with Crippen LogP contribution in [0.1, 0.15) is 28.9 Å². The van der Waals surface area contributed by atoms with E-state index in [1.165, 1.54) is 18.3 Å². The topological polar surface area (TPSA) is 237 Å². The van der Waals surface area contributed by atoms with Crippen molar-refractivity contribution in [2.75, 3.05) is 16.8 Å². The molecule has 1 atom stereocenters. The molecule has 172 valence electrons. The second-order valence-electron chi connectivity index (χ2n) is 6.90. The summed E-state index contributed by atoms with van der Waals surface area (Å²) in [6.45, 7) is 0.308. The molecule has 14 nitrogen and oxygen atoms in total. The van der Waals surface area contributed by atoms with Crippen LogP contribution in [0.25, 0.3) is 11.2 Å². The van der Waals surface area contributed by atoms with Crippen LogP contribution in [0, 0.1) is 0 Å². The highest BCUT2D eigenvalue weighted by molar-refractivity contribution is 5.97. The highest BCUT2D eigenvalue weighted by atomic mass is 16.4. The number of carbonyl (C=O) groups excluding carboxylic acids is 2. The number of nitrogens with zero attached hydrogens (tertiary/aromatic N) is 4. The lowest BCUT2D eigenvalue weighted by atomic mass is 10.1. The number of rotatable bonds is 9. The summed E-state index contributed by atoms with van der Waals surface area (Å²) < 4.78 is 0. The Kier molecular flexibility index (Phi) is 7.10. The number of nitrogens with one attached hydrogen (secondary N) is 3. The number of carboxylic acid groups (broad SMARTS) is 1. The lowest BCUT2D eigenvalue weighted by Crippen LogP contribution is -2.42. The Labute approximate surface area is 187 Å². The summed E-state index contributed by atoms with van der Waals surface area (Å²) >= 11 is 0. The van der Waals surface area contributed by atoms with E-state index in [4.69, 9.17) is 17.3 Å². The van der Waals surface area contributed by atoms with Crippen molar-refractivity contribution in [1.82, 2.24) is 30.7 Å². The predicted octanol–water partition coefficient (Wildman–Crippen LogP) is -0.851. The van der Waals surface area contributed by atoms with Gasteiger partial charge in [-0.1, -0.05) is 0 Å². The molecule has 0 radical (unpaired) electrons. The molecule has 0 aliphatic carbocycles. The third-order valence-corrected chi connectivity index (χ3v) is 4.55. The summed E-state index contributed by atoms with van der Waals surface area (Å²) in [6.07, 6.45) is 1.29. The zero-order chi connectivity index (χ0) is 24.0. The fourth-order valence-corrected chi connectivity index (χ4v) is 2.85. The number of carbonyl (C=O) groups is 3. The van der Waals surface area contributed by atoms with E-state index in [1.54, 1.807) is 12.1 Å². The van der Waals surface area contributed by atoms with Crippen molar-refractivity contribution in [3.63, 3.8) is 0 Å². The molecule has 0 saturated heterocycles. The molecule has 0 spiro atoms. The van der Waals surface area contributed by atoms with Crippen LogP contribution in [0.2, 0.25) is 0 Å². The van der Waals surface area contributed by atoms with Crippen molar-refractivity contribution in [3.8, 4) is 0 Å². The maximum absolute atomic E-state index is 12.4. The summed E-state index contributed by atoms with van der Waals surface area (Å²) in [6, 6.07) is 5.14.